The van der Waals surface area contributed by atoms with Gasteiger partial charge in [-0.25, -0.2) is 4.39 Å². The highest BCUT2D eigenvalue weighted by Gasteiger charge is 2.36. The molecule has 3 rings (SSSR count). The van der Waals surface area contributed by atoms with Crippen molar-refractivity contribution in [3.8, 4) is 0 Å². The zero-order valence-electron chi connectivity index (χ0n) is 16.1. The molecule has 0 amide bonds. The zero-order chi connectivity index (χ0) is 18.5. The van der Waals surface area contributed by atoms with Gasteiger partial charge in [0.05, 0.1) is 0 Å². The van der Waals surface area contributed by atoms with E-state index >= 15 is 0 Å². The maximum atomic E-state index is 13.4. The van der Waals surface area contributed by atoms with Crippen molar-refractivity contribution >= 4 is 5.96 Å². The summed E-state index contributed by atoms with van der Waals surface area (Å²) in [7, 11) is 1.82. The third-order valence-corrected chi connectivity index (χ3v) is 6.52. The van der Waals surface area contributed by atoms with Gasteiger partial charge in [0, 0.05) is 38.8 Å². The summed E-state index contributed by atoms with van der Waals surface area (Å²) < 4.78 is 18.9. The Morgan fingerprint density at radius 2 is 1.73 bits per heavy atom. The Bertz CT molecular complexity index is 599. The number of nitrogens with zero attached hydrogens (tertiary/aromatic N) is 1. The molecule has 144 valence electrons. The van der Waals surface area contributed by atoms with E-state index in [4.69, 9.17) is 4.74 Å². The summed E-state index contributed by atoms with van der Waals surface area (Å²) in [4.78, 5) is 4.41. The predicted molar refractivity (Wildman–Crippen MR) is 104 cm³/mol. The molecule has 0 bridgehead atoms. The van der Waals surface area contributed by atoms with Crippen LogP contribution in [-0.4, -0.2) is 39.3 Å². The van der Waals surface area contributed by atoms with Crippen LogP contribution in [0, 0.1) is 11.2 Å². The van der Waals surface area contributed by atoms with Crippen LogP contribution in [0.15, 0.2) is 29.3 Å². The largest absolute Gasteiger partial charge is 0.381 e. The lowest BCUT2D eigenvalue weighted by Crippen LogP contribution is -2.50. The van der Waals surface area contributed by atoms with Gasteiger partial charge in [0.2, 0.25) is 0 Å². The average Bonchev–Trinajstić information content (AvgIpc) is 2.65. The first-order valence-corrected chi connectivity index (χ1v) is 9.90. The van der Waals surface area contributed by atoms with E-state index < -0.39 is 0 Å². The standard InChI is InChI=1S/C21H32FN3O/c1-3-20(9-4-10-20)15-24-19(23-2)25-16-21(11-13-26-14-12-21)17-5-7-18(22)8-6-17/h5-8H,3-4,9-16H2,1-2H3,(H2,23,24,25). The maximum Gasteiger partial charge on any atom is 0.191 e. The topological polar surface area (TPSA) is 45.7 Å². The molecule has 0 unspecified atom stereocenters. The van der Waals surface area contributed by atoms with Gasteiger partial charge in [-0.2, -0.15) is 0 Å². The summed E-state index contributed by atoms with van der Waals surface area (Å²) in [5.41, 5.74) is 1.59. The van der Waals surface area contributed by atoms with E-state index in [0.29, 0.717) is 5.41 Å². The Morgan fingerprint density at radius 1 is 1.08 bits per heavy atom. The van der Waals surface area contributed by atoms with Gasteiger partial charge in [0.15, 0.2) is 5.96 Å². The SMILES string of the molecule is CCC1(CNC(=NC)NCC2(c3ccc(F)cc3)CCOCC2)CCC1. The summed E-state index contributed by atoms with van der Waals surface area (Å²) in [5, 5.41) is 7.06. The number of guanidine groups is 1. The Morgan fingerprint density at radius 3 is 2.27 bits per heavy atom. The molecule has 2 aliphatic rings. The van der Waals surface area contributed by atoms with Gasteiger partial charge < -0.3 is 15.4 Å². The molecule has 2 N–H and O–H groups in total. The third-order valence-electron chi connectivity index (χ3n) is 6.52. The first kappa shape index (κ1) is 19.2. The van der Waals surface area contributed by atoms with E-state index in [1.807, 2.05) is 19.2 Å². The van der Waals surface area contributed by atoms with E-state index in [-0.39, 0.29) is 11.2 Å². The van der Waals surface area contributed by atoms with Gasteiger partial charge in [-0.3, -0.25) is 4.99 Å². The van der Waals surface area contributed by atoms with Crippen LogP contribution < -0.4 is 10.6 Å². The lowest BCUT2D eigenvalue weighted by Gasteiger charge is -2.42. The van der Waals surface area contributed by atoms with Crippen LogP contribution >= 0.6 is 0 Å². The molecule has 0 spiro atoms. The fourth-order valence-corrected chi connectivity index (χ4v) is 4.21. The first-order valence-electron chi connectivity index (χ1n) is 9.90. The number of ether oxygens (including phenoxy) is 1. The van der Waals surface area contributed by atoms with Gasteiger partial charge in [0.25, 0.3) is 0 Å². The molecule has 1 saturated heterocycles. The van der Waals surface area contributed by atoms with Crippen molar-refractivity contribution in [2.24, 2.45) is 10.4 Å². The lowest BCUT2D eigenvalue weighted by atomic mass is 9.67. The monoisotopic (exact) mass is 361 g/mol. The minimum Gasteiger partial charge on any atom is -0.381 e. The summed E-state index contributed by atoms with van der Waals surface area (Å²) in [6, 6.07) is 6.94. The molecule has 26 heavy (non-hydrogen) atoms. The Labute approximate surface area is 156 Å². The van der Waals surface area contributed by atoms with Crippen LogP contribution in [0.4, 0.5) is 4.39 Å². The zero-order valence-corrected chi connectivity index (χ0v) is 16.1. The average molecular weight is 362 g/mol. The molecule has 1 aromatic carbocycles. The van der Waals surface area contributed by atoms with Gasteiger partial charge in [0.1, 0.15) is 5.82 Å². The molecule has 0 radical (unpaired) electrons. The van der Waals surface area contributed by atoms with Crippen LogP contribution in [0.25, 0.3) is 0 Å². The number of halogens is 1. The normalized spacial score (nSPS) is 21.7. The highest BCUT2D eigenvalue weighted by atomic mass is 19.1. The molecular formula is C21H32FN3O. The number of hydrogen-bond donors (Lipinski definition) is 2. The smallest absolute Gasteiger partial charge is 0.191 e. The van der Waals surface area contributed by atoms with Crippen molar-refractivity contribution in [3.05, 3.63) is 35.6 Å². The Balaban J connectivity index is 1.64. The van der Waals surface area contributed by atoms with Gasteiger partial charge >= 0.3 is 0 Å². The highest BCUT2D eigenvalue weighted by Crippen LogP contribution is 2.43. The second-order valence-electron chi connectivity index (χ2n) is 7.89. The van der Waals surface area contributed by atoms with Crippen molar-refractivity contribution in [1.29, 1.82) is 0 Å². The van der Waals surface area contributed by atoms with Crippen LogP contribution in [0.3, 0.4) is 0 Å². The summed E-state index contributed by atoms with van der Waals surface area (Å²) in [6.45, 7) is 5.52. The van der Waals surface area contributed by atoms with Crippen molar-refractivity contribution < 1.29 is 9.13 Å². The predicted octanol–water partition coefficient (Wildman–Crippen LogP) is 3.62. The molecule has 0 atom stereocenters. The second-order valence-corrected chi connectivity index (χ2v) is 7.89. The maximum absolute atomic E-state index is 13.4. The van der Waals surface area contributed by atoms with E-state index in [9.17, 15) is 4.39 Å². The second kappa shape index (κ2) is 8.38. The van der Waals surface area contributed by atoms with E-state index in [0.717, 1.165) is 45.1 Å². The molecule has 0 aromatic heterocycles. The number of hydrogen-bond acceptors (Lipinski definition) is 2. The quantitative estimate of drug-likeness (QED) is 0.601. The van der Waals surface area contributed by atoms with Crippen LogP contribution in [-0.2, 0) is 10.2 Å². The molecule has 1 aromatic rings. The summed E-state index contributed by atoms with van der Waals surface area (Å²) in [6.07, 6.45) is 7.04. The lowest BCUT2D eigenvalue weighted by molar-refractivity contribution is 0.0513. The van der Waals surface area contributed by atoms with Crippen LogP contribution in [0.1, 0.15) is 51.0 Å². The minimum atomic E-state index is -0.188. The molecule has 4 nitrogen and oxygen atoms in total. The fraction of sp³-hybridized carbons (Fsp3) is 0.667. The molecular weight excluding hydrogens is 329 g/mol. The van der Waals surface area contributed by atoms with Crippen molar-refractivity contribution in [2.45, 2.75) is 50.9 Å². The van der Waals surface area contributed by atoms with E-state index in [1.165, 1.54) is 31.2 Å². The number of nitrogens with one attached hydrogen (secondary N) is 2. The van der Waals surface area contributed by atoms with Crippen LogP contribution in [0.5, 0.6) is 0 Å². The Hall–Kier alpha value is -1.62. The Kier molecular flexibility index (Phi) is 6.17. The summed E-state index contributed by atoms with van der Waals surface area (Å²) in [5.74, 6) is 0.671. The molecule has 1 aliphatic heterocycles. The first-order chi connectivity index (χ1) is 12.6. The van der Waals surface area contributed by atoms with Crippen molar-refractivity contribution in [2.75, 3.05) is 33.4 Å². The molecule has 1 heterocycles. The van der Waals surface area contributed by atoms with Crippen LogP contribution in [0.2, 0.25) is 0 Å². The van der Waals surface area contributed by atoms with Crippen molar-refractivity contribution in [3.63, 3.8) is 0 Å². The highest BCUT2D eigenvalue weighted by molar-refractivity contribution is 5.79. The van der Waals surface area contributed by atoms with Gasteiger partial charge in [-0.15, -0.1) is 0 Å². The van der Waals surface area contributed by atoms with Gasteiger partial charge in [-0.1, -0.05) is 25.5 Å². The van der Waals surface area contributed by atoms with Crippen molar-refractivity contribution in [1.82, 2.24) is 10.6 Å². The van der Waals surface area contributed by atoms with E-state index in [2.05, 4.69) is 22.5 Å². The number of aliphatic imine (C=N–C) groups is 1. The fourth-order valence-electron chi connectivity index (χ4n) is 4.21. The molecule has 2 fully saturated rings. The van der Waals surface area contributed by atoms with Gasteiger partial charge in [-0.05, 0) is 55.2 Å². The molecule has 5 heteroatoms. The number of rotatable bonds is 6. The third kappa shape index (κ3) is 4.20. The number of benzene rings is 1. The molecule has 1 aliphatic carbocycles. The minimum absolute atomic E-state index is 0.0392. The van der Waals surface area contributed by atoms with E-state index in [1.54, 1.807) is 12.1 Å². The molecule has 1 saturated carbocycles. The summed E-state index contributed by atoms with van der Waals surface area (Å²) >= 11 is 0.